The highest BCUT2D eigenvalue weighted by atomic mass is 15.3. The molecular weight excluding hydrogens is 206 g/mol. The third-order valence-corrected chi connectivity index (χ3v) is 5.75. The summed E-state index contributed by atoms with van der Waals surface area (Å²) in [7, 11) is 0. The maximum Gasteiger partial charge on any atom is 0.0139 e. The van der Waals surface area contributed by atoms with E-state index in [1.165, 1.54) is 32.2 Å². The molecule has 1 heteroatoms. The van der Waals surface area contributed by atoms with Crippen molar-refractivity contribution in [2.45, 2.75) is 79.3 Å². The second kappa shape index (κ2) is 4.26. The summed E-state index contributed by atoms with van der Waals surface area (Å²) in [4.78, 5) is 2.68. The summed E-state index contributed by atoms with van der Waals surface area (Å²) in [6.07, 6.45) is 5.86. The van der Waals surface area contributed by atoms with Crippen LogP contribution in [0, 0.1) is 16.7 Å². The summed E-state index contributed by atoms with van der Waals surface area (Å²) in [5.74, 6) is 0.952. The quantitative estimate of drug-likeness (QED) is 0.656. The molecular formula is C16H31N. The van der Waals surface area contributed by atoms with Gasteiger partial charge in [-0.1, -0.05) is 20.8 Å². The molecule has 1 saturated heterocycles. The van der Waals surface area contributed by atoms with E-state index < -0.39 is 0 Å². The molecule has 0 unspecified atom stereocenters. The smallest absolute Gasteiger partial charge is 0.0139 e. The van der Waals surface area contributed by atoms with Crippen LogP contribution in [0.2, 0.25) is 0 Å². The summed E-state index contributed by atoms with van der Waals surface area (Å²) >= 11 is 0. The Balaban J connectivity index is 1.92. The van der Waals surface area contributed by atoms with E-state index in [1.807, 2.05) is 0 Å². The van der Waals surface area contributed by atoms with Gasteiger partial charge in [0.1, 0.15) is 0 Å². The third-order valence-electron chi connectivity index (χ3n) is 5.75. The van der Waals surface area contributed by atoms with E-state index in [-0.39, 0.29) is 0 Å². The molecule has 0 bridgehead atoms. The van der Waals surface area contributed by atoms with Crippen LogP contribution < -0.4 is 0 Å². The predicted octanol–water partition coefficient (Wildman–Crippen LogP) is 4.32. The SMILES string of the molecule is CC(C)N1CC2(CCC(C(C)(C)C)CC2)[C@H]1C. The molecule has 2 rings (SSSR count). The maximum atomic E-state index is 2.68. The minimum Gasteiger partial charge on any atom is -0.297 e. The summed E-state index contributed by atoms with van der Waals surface area (Å²) < 4.78 is 0. The third kappa shape index (κ3) is 2.28. The fourth-order valence-electron chi connectivity index (χ4n) is 4.14. The second-order valence-electron chi connectivity index (χ2n) is 7.94. The minimum atomic E-state index is 0.520. The van der Waals surface area contributed by atoms with Gasteiger partial charge < -0.3 is 0 Å². The van der Waals surface area contributed by atoms with Gasteiger partial charge in [0.15, 0.2) is 0 Å². The largest absolute Gasteiger partial charge is 0.297 e. The number of hydrogen-bond donors (Lipinski definition) is 0. The van der Waals surface area contributed by atoms with Crippen LogP contribution in [-0.4, -0.2) is 23.5 Å². The fourth-order valence-corrected chi connectivity index (χ4v) is 4.14. The number of rotatable bonds is 1. The summed E-state index contributed by atoms with van der Waals surface area (Å²) in [5.41, 5.74) is 1.21. The Morgan fingerprint density at radius 3 is 2.00 bits per heavy atom. The van der Waals surface area contributed by atoms with E-state index in [0.717, 1.165) is 18.0 Å². The van der Waals surface area contributed by atoms with Crippen molar-refractivity contribution in [3.8, 4) is 0 Å². The van der Waals surface area contributed by atoms with Crippen LogP contribution in [0.1, 0.15) is 67.2 Å². The molecule has 17 heavy (non-hydrogen) atoms. The van der Waals surface area contributed by atoms with E-state index in [1.54, 1.807) is 0 Å². The van der Waals surface area contributed by atoms with Crippen molar-refractivity contribution in [1.82, 2.24) is 4.90 Å². The number of likely N-dealkylation sites (tertiary alicyclic amines) is 1. The van der Waals surface area contributed by atoms with E-state index in [9.17, 15) is 0 Å². The molecule has 0 N–H and O–H groups in total. The molecule has 0 radical (unpaired) electrons. The van der Waals surface area contributed by atoms with Crippen molar-refractivity contribution in [3.05, 3.63) is 0 Å². The topological polar surface area (TPSA) is 3.24 Å². The Kier molecular flexibility index (Phi) is 3.36. The van der Waals surface area contributed by atoms with Gasteiger partial charge in [0.2, 0.25) is 0 Å². The molecule has 2 fully saturated rings. The lowest BCUT2D eigenvalue weighted by atomic mass is 9.58. The van der Waals surface area contributed by atoms with Gasteiger partial charge in [-0.2, -0.15) is 0 Å². The molecule has 1 aliphatic carbocycles. The number of hydrogen-bond acceptors (Lipinski definition) is 1. The molecule has 0 aromatic rings. The molecule has 1 saturated carbocycles. The van der Waals surface area contributed by atoms with E-state index >= 15 is 0 Å². The molecule has 0 aromatic carbocycles. The van der Waals surface area contributed by atoms with Crippen LogP contribution in [0.3, 0.4) is 0 Å². The Morgan fingerprint density at radius 1 is 1.12 bits per heavy atom. The lowest BCUT2D eigenvalue weighted by molar-refractivity contribution is -0.117. The van der Waals surface area contributed by atoms with E-state index in [2.05, 4.69) is 46.4 Å². The zero-order chi connectivity index (χ0) is 12.8. The molecule has 1 nitrogen and oxygen atoms in total. The predicted molar refractivity (Wildman–Crippen MR) is 75.2 cm³/mol. The van der Waals surface area contributed by atoms with E-state index in [0.29, 0.717) is 10.8 Å². The summed E-state index contributed by atoms with van der Waals surface area (Å²) in [5, 5.41) is 0. The average molecular weight is 237 g/mol. The van der Waals surface area contributed by atoms with Gasteiger partial charge in [-0.25, -0.2) is 0 Å². The second-order valence-corrected chi connectivity index (χ2v) is 7.94. The first-order valence-electron chi connectivity index (χ1n) is 7.52. The lowest BCUT2D eigenvalue weighted by Crippen LogP contribution is -2.66. The average Bonchev–Trinajstić information content (AvgIpc) is 2.24. The van der Waals surface area contributed by atoms with Crippen LogP contribution in [-0.2, 0) is 0 Å². The molecule has 0 aromatic heterocycles. The van der Waals surface area contributed by atoms with Gasteiger partial charge in [-0.3, -0.25) is 4.90 Å². The van der Waals surface area contributed by atoms with Crippen molar-refractivity contribution >= 4 is 0 Å². The molecule has 100 valence electrons. The molecule has 1 atom stereocenters. The van der Waals surface area contributed by atoms with Crippen LogP contribution in [0.15, 0.2) is 0 Å². The van der Waals surface area contributed by atoms with Gasteiger partial charge in [-0.05, 0) is 63.2 Å². The first-order chi connectivity index (χ1) is 7.76. The molecule has 1 aliphatic heterocycles. The van der Waals surface area contributed by atoms with Gasteiger partial charge >= 0.3 is 0 Å². The van der Waals surface area contributed by atoms with Crippen molar-refractivity contribution in [1.29, 1.82) is 0 Å². The highest BCUT2D eigenvalue weighted by Gasteiger charge is 2.52. The summed E-state index contributed by atoms with van der Waals surface area (Å²) in [6.45, 7) is 15.7. The summed E-state index contributed by atoms with van der Waals surface area (Å²) in [6, 6.07) is 1.55. The first kappa shape index (κ1) is 13.4. The number of nitrogens with zero attached hydrogens (tertiary/aromatic N) is 1. The van der Waals surface area contributed by atoms with Crippen LogP contribution >= 0.6 is 0 Å². The van der Waals surface area contributed by atoms with Crippen molar-refractivity contribution in [3.63, 3.8) is 0 Å². The Morgan fingerprint density at radius 2 is 1.65 bits per heavy atom. The zero-order valence-electron chi connectivity index (χ0n) is 12.7. The van der Waals surface area contributed by atoms with Crippen LogP contribution in [0.4, 0.5) is 0 Å². The molecule has 1 spiro atoms. The standard InChI is InChI=1S/C16H31N/c1-12(2)17-11-16(13(17)3)9-7-14(8-10-16)15(4,5)6/h12-14H,7-11H2,1-6H3/t13-,14?,16?/m1/s1. The Labute approximate surface area is 108 Å². The van der Waals surface area contributed by atoms with Crippen LogP contribution in [0.5, 0.6) is 0 Å². The highest BCUT2D eigenvalue weighted by Crippen LogP contribution is 2.53. The van der Waals surface area contributed by atoms with Gasteiger partial charge in [0.05, 0.1) is 0 Å². The van der Waals surface area contributed by atoms with Gasteiger partial charge in [-0.15, -0.1) is 0 Å². The molecule has 0 amide bonds. The van der Waals surface area contributed by atoms with Crippen LogP contribution in [0.25, 0.3) is 0 Å². The monoisotopic (exact) mass is 237 g/mol. The maximum absolute atomic E-state index is 2.68. The van der Waals surface area contributed by atoms with Crippen molar-refractivity contribution in [2.24, 2.45) is 16.7 Å². The van der Waals surface area contributed by atoms with Crippen molar-refractivity contribution < 1.29 is 0 Å². The first-order valence-corrected chi connectivity index (χ1v) is 7.52. The van der Waals surface area contributed by atoms with Crippen molar-refractivity contribution in [2.75, 3.05) is 6.54 Å². The molecule has 1 heterocycles. The van der Waals surface area contributed by atoms with E-state index in [4.69, 9.17) is 0 Å². The zero-order valence-corrected chi connectivity index (χ0v) is 12.7. The Hall–Kier alpha value is -0.0400. The lowest BCUT2D eigenvalue weighted by Gasteiger charge is -2.61. The normalized spacial score (nSPS) is 39.7. The van der Waals surface area contributed by atoms with Gasteiger partial charge in [0, 0.05) is 18.6 Å². The highest BCUT2D eigenvalue weighted by molar-refractivity contribution is 5.05. The fraction of sp³-hybridized carbons (Fsp3) is 1.00. The van der Waals surface area contributed by atoms with Gasteiger partial charge in [0.25, 0.3) is 0 Å². The Bertz CT molecular complexity index is 266. The molecule has 2 aliphatic rings. The minimum absolute atomic E-state index is 0.520.